The molecule has 1 heterocycles. The SMILES string of the molecule is CN(C)CC1(c2ccccc2)CCCC2C1=NN(C)C2c1ccc(F)cc1. The third-order valence-corrected chi connectivity index (χ3v) is 6.13. The Kier molecular flexibility index (Phi) is 4.77. The van der Waals surface area contributed by atoms with Crippen LogP contribution in [-0.2, 0) is 5.41 Å². The third kappa shape index (κ3) is 3.16. The lowest BCUT2D eigenvalue weighted by Crippen LogP contribution is -2.49. The van der Waals surface area contributed by atoms with Gasteiger partial charge in [-0.15, -0.1) is 0 Å². The van der Waals surface area contributed by atoms with Crippen molar-refractivity contribution in [2.75, 3.05) is 27.7 Å². The Bertz CT molecular complexity index is 815. The topological polar surface area (TPSA) is 18.8 Å². The first-order chi connectivity index (χ1) is 13.0. The Balaban J connectivity index is 1.77. The van der Waals surface area contributed by atoms with Crippen LogP contribution in [0.2, 0.25) is 0 Å². The summed E-state index contributed by atoms with van der Waals surface area (Å²) in [6, 6.07) is 18.0. The molecule has 142 valence electrons. The number of nitrogens with zero attached hydrogens (tertiary/aromatic N) is 3. The maximum Gasteiger partial charge on any atom is 0.123 e. The van der Waals surface area contributed by atoms with E-state index in [4.69, 9.17) is 5.10 Å². The highest BCUT2D eigenvalue weighted by atomic mass is 19.1. The maximum absolute atomic E-state index is 13.4. The van der Waals surface area contributed by atoms with Crippen molar-refractivity contribution in [3.05, 3.63) is 71.5 Å². The lowest BCUT2D eigenvalue weighted by Gasteiger charge is -2.43. The summed E-state index contributed by atoms with van der Waals surface area (Å²) in [6.07, 6.45) is 3.43. The fourth-order valence-corrected chi connectivity index (χ4v) is 5.16. The van der Waals surface area contributed by atoms with Gasteiger partial charge >= 0.3 is 0 Å². The van der Waals surface area contributed by atoms with Gasteiger partial charge in [0.25, 0.3) is 0 Å². The highest BCUT2D eigenvalue weighted by molar-refractivity contribution is 5.99. The first kappa shape index (κ1) is 18.2. The van der Waals surface area contributed by atoms with Gasteiger partial charge in [-0.2, -0.15) is 5.10 Å². The van der Waals surface area contributed by atoms with Gasteiger partial charge in [-0.25, -0.2) is 4.39 Å². The molecular weight excluding hydrogens is 337 g/mol. The highest BCUT2D eigenvalue weighted by Crippen LogP contribution is 2.49. The zero-order valence-electron chi connectivity index (χ0n) is 16.4. The third-order valence-electron chi connectivity index (χ3n) is 6.13. The number of hydrogen-bond acceptors (Lipinski definition) is 3. The molecule has 0 aromatic heterocycles. The molecule has 0 saturated heterocycles. The van der Waals surface area contributed by atoms with Gasteiger partial charge in [-0.1, -0.05) is 48.9 Å². The molecule has 2 aromatic rings. The number of fused-ring (bicyclic) bond motifs is 1. The van der Waals surface area contributed by atoms with Crippen LogP contribution in [0.4, 0.5) is 4.39 Å². The lowest BCUT2D eigenvalue weighted by atomic mass is 9.62. The van der Waals surface area contributed by atoms with Gasteiger partial charge in [-0.3, -0.25) is 5.01 Å². The summed E-state index contributed by atoms with van der Waals surface area (Å²) in [5.74, 6) is 0.185. The van der Waals surface area contributed by atoms with Crippen LogP contribution in [0, 0.1) is 11.7 Å². The fraction of sp³-hybridized carbons (Fsp3) is 0.435. The molecule has 4 heteroatoms. The Morgan fingerprint density at radius 1 is 1.11 bits per heavy atom. The minimum absolute atomic E-state index is 0.0588. The van der Waals surface area contributed by atoms with Crippen molar-refractivity contribution in [3.63, 3.8) is 0 Å². The van der Waals surface area contributed by atoms with Crippen LogP contribution in [-0.4, -0.2) is 43.3 Å². The number of rotatable bonds is 4. The minimum atomic E-state index is -0.185. The number of likely N-dealkylation sites (N-methyl/N-ethyl adjacent to an activating group) is 1. The van der Waals surface area contributed by atoms with Gasteiger partial charge in [0.2, 0.25) is 0 Å². The first-order valence-electron chi connectivity index (χ1n) is 9.79. The standard InChI is InChI=1S/C23H28FN3/c1-26(2)16-23(18-8-5-4-6-9-18)15-7-10-20-21(27(3)25-22(20)23)17-11-13-19(24)14-12-17/h4-6,8-9,11-14,20-21H,7,10,15-16H2,1-3H3. The molecule has 1 saturated carbocycles. The molecule has 0 N–H and O–H groups in total. The molecule has 3 nitrogen and oxygen atoms in total. The largest absolute Gasteiger partial charge is 0.308 e. The van der Waals surface area contributed by atoms with Gasteiger partial charge in [0.15, 0.2) is 0 Å². The van der Waals surface area contributed by atoms with E-state index in [1.54, 1.807) is 12.1 Å². The van der Waals surface area contributed by atoms with E-state index in [0.717, 1.165) is 24.9 Å². The van der Waals surface area contributed by atoms with Crippen molar-refractivity contribution < 1.29 is 4.39 Å². The Hall–Kier alpha value is -2.20. The summed E-state index contributed by atoms with van der Waals surface area (Å²) < 4.78 is 13.4. The van der Waals surface area contributed by atoms with Crippen molar-refractivity contribution >= 4 is 5.71 Å². The summed E-state index contributed by atoms with van der Waals surface area (Å²) in [5, 5.41) is 7.21. The minimum Gasteiger partial charge on any atom is -0.308 e. The first-order valence-corrected chi connectivity index (χ1v) is 9.79. The van der Waals surface area contributed by atoms with Crippen molar-refractivity contribution in [3.8, 4) is 0 Å². The van der Waals surface area contributed by atoms with E-state index in [-0.39, 0.29) is 17.3 Å². The monoisotopic (exact) mass is 365 g/mol. The van der Waals surface area contributed by atoms with Gasteiger partial charge in [0.1, 0.15) is 5.82 Å². The summed E-state index contributed by atoms with van der Waals surface area (Å²) in [6.45, 7) is 0.955. The predicted octanol–water partition coefficient (Wildman–Crippen LogP) is 4.47. The summed E-state index contributed by atoms with van der Waals surface area (Å²) >= 11 is 0. The van der Waals surface area contributed by atoms with Crippen molar-refractivity contribution in [1.82, 2.24) is 9.91 Å². The molecule has 0 bridgehead atoms. The van der Waals surface area contributed by atoms with E-state index in [0.29, 0.717) is 5.92 Å². The van der Waals surface area contributed by atoms with Crippen LogP contribution in [0.1, 0.15) is 36.4 Å². The van der Waals surface area contributed by atoms with Gasteiger partial charge < -0.3 is 4.90 Å². The smallest absolute Gasteiger partial charge is 0.123 e. The quantitative estimate of drug-likeness (QED) is 0.796. The van der Waals surface area contributed by atoms with E-state index >= 15 is 0 Å². The number of hydrogen-bond donors (Lipinski definition) is 0. The molecule has 3 atom stereocenters. The van der Waals surface area contributed by atoms with Crippen molar-refractivity contribution in [2.24, 2.45) is 11.0 Å². The second-order valence-corrected chi connectivity index (χ2v) is 8.24. The van der Waals surface area contributed by atoms with E-state index < -0.39 is 0 Å². The van der Waals surface area contributed by atoms with E-state index in [9.17, 15) is 4.39 Å². The van der Waals surface area contributed by atoms with E-state index in [2.05, 4.69) is 61.4 Å². The van der Waals surface area contributed by atoms with E-state index in [1.165, 1.54) is 17.7 Å². The average molecular weight is 365 g/mol. The lowest BCUT2D eigenvalue weighted by molar-refractivity contribution is 0.229. The second-order valence-electron chi connectivity index (χ2n) is 8.24. The van der Waals surface area contributed by atoms with Crippen molar-refractivity contribution in [1.29, 1.82) is 0 Å². The Labute approximate surface area is 161 Å². The molecule has 4 rings (SSSR count). The summed E-state index contributed by atoms with van der Waals surface area (Å²) in [7, 11) is 6.35. The highest BCUT2D eigenvalue weighted by Gasteiger charge is 2.50. The molecule has 1 fully saturated rings. The zero-order valence-corrected chi connectivity index (χ0v) is 16.4. The summed E-state index contributed by atoms with van der Waals surface area (Å²) in [4.78, 5) is 2.28. The molecule has 0 radical (unpaired) electrons. The van der Waals surface area contributed by atoms with Crippen LogP contribution in [0.3, 0.4) is 0 Å². The van der Waals surface area contributed by atoms with Gasteiger partial charge in [0.05, 0.1) is 11.8 Å². The Morgan fingerprint density at radius 2 is 1.81 bits per heavy atom. The second kappa shape index (κ2) is 7.08. The zero-order chi connectivity index (χ0) is 19.0. The molecular formula is C23H28FN3. The molecule has 2 aliphatic rings. The molecule has 2 aromatic carbocycles. The molecule has 27 heavy (non-hydrogen) atoms. The Morgan fingerprint density at radius 3 is 2.48 bits per heavy atom. The fourth-order valence-electron chi connectivity index (χ4n) is 5.16. The number of halogens is 1. The normalized spacial score (nSPS) is 27.6. The van der Waals surface area contributed by atoms with Crippen molar-refractivity contribution in [2.45, 2.75) is 30.7 Å². The molecule has 1 aliphatic heterocycles. The van der Waals surface area contributed by atoms with Gasteiger partial charge in [-0.05, 0) is 50.2 Å². The van der Waals surface area contributed by atoms with Gasteiger partial charge in [0, 0.05) is 24.9 Å². The molecule has 1 aliphatic carbocycles. The maximum atomic E-state index is 13.4. The van der Waals surface area contributed by atoms with E-state index in [1.807, 2.05) is 12.1 Å². The van der Waals surface area contributed by atoms with Crippen LogP contribution in [0.25, 0.3) is 0 Å². The number of benzene rings is 2. The van der Waals surface area contributed by atoms with Crippen LogP contribution in [0.15, 0.2) is 59.7 Å². The van der Waals surface area contributed by atoms with Crippen LogP contribution in [0.5, 0.6) is 0 Å². The number of hydrazone groups is 1. The van der Waals surface area contributed by atoms with Crippen LogP contribution < -0.4 is 0 Å². The molecule has 0 spiro atoms. The van der Waals surface area contributed by atoms with Crippen LogP contribution >= 0.6 is 0 Å². The molecule has 3 unspecified atom stereocenters. The molecule has 0 amide bonds. The summed E-state index contributed by atoms with van der Waals surface area (Å²) in [5.41, 5.74) is 3.74. The predicted molar refractivity (Wildman–Crippen MR) is 108 cm³/mol. The average Bonchev–Trinajstić information content (AvgIpc) is 3.00.